The zero-order valence-electron chi connectivity index (χ0n) is 15.8. The highest BCUT2D eigenvalue weighted by molar-refractivity contribution is 5.94. The Hall–Kier alpha value is -3.63. The smallest absolute Gasteiger partial charge is 0.340 e. The summed E-state index contributed by atoms with van der Waals surface area (Å²) < 4.78 is 79.5. The van der Waals surface area contributed by atoms with Crippen LogP contribution in [0.2, 0.25) is 0 Å². The van der Waals surface area contributed by atoms with Gasteiger partial charge in [-0.2, -0.15) is 31.4 Å². The van der Waals surface area contributed by atoms with Crippen molar-refractivity contribution in [3.8, 4) is 11.3 Å². The van der Waals surface area contributed by atoms with Crippen molar-refractivity contribution in [2.24, 2.45) is 7.05 Å². The summed E-state index contributed by atoms with van der Waals surface area (Å²) in [5, 5.41) is 7.28. The third kappa shape index (κ3) is 4.16. The predicted molar refractivity (Wildman–Crippen MR) is 101 cm³/mol. The van der Waals surface area contributed by atoms with Gasteiger partial charge in [-0.1, -0.05) is 12.1 Å². The summed E-state index contributed by atoms with van der Waals surface area (Å²) in [7, 11) is 1.53. The molecule has 0 spiro atoms. The van der Waals surface area contributed by atoms with Gasteiger partial charge >= 0.3 is 12.4 Å². The molecule has 2 aromatic heterocycles. The van der Waals surface area contributed by atoms with E-state index < -0.39 is 23.5 Å². The number of nitrogens with zero attached hydrogens (tertiary/aromatic N) is 4. The van der Waals surface area contributed by atoms with E-state index in [0.717, 1.165) is 24.3 Å². The van der Waals surface area contributed by atoms with Gasteiger partial charge in [-0.05, 0) is 24.3 Å². The van der Waals surface area contributed by atoms with Crippen LogP contribution in [0.15, 0.2) is 55.0 Å². The van der Waals surface area contributed by atoms with E-state index in [9.17, 15) is 26.3 Å². The third-order valence-electron chi connectivity index (χ3n) is 4.63. The number of benzene rings is 2. The van der Waals surface area contributed by atoms with Crippen LogP contribution < -0.4 is 5.32 Å². The zero-order valence-corrected chi connectivity index (χ0v) is 15.8. The maximum absolute atomic E-state index is 13.3. The first-order chi connectivity index (χ1) is 14.5. The Morgan fingerprint density at radius 1 is 0.839 bits per heavy atom. The summed E-state index contributed by atoms with van der Waals surface area (Å²) in [6, 6.07) is 7.76. The number of hydrogen-bond acceptors (Lipinski definition) is 4. The molecule has 0 radical (unpaired) electrons. The molecule has 0 aliphatic carbocycles. The fraction of sp³-hybridized carbons (Fsp3) is 0.150. The first-order valence-electron chi connectivity index (χ1n) is 8.82. The second-order valence-corrected chi connectivity index (χ2v) is 6.71. The van der Waals surface area contributed by atoms with Crippen molar-refractivity contribution in [3.63, 3.8) is 0 Å². The molecular weight excluding hydrogens is 424 g/mol. The van der Waals surface area contributed by atoms with Gasteiger partial charge in [-0.3, -0.25) is 4.68 Å². The van der Waals surface area contributed by atoms with Gasteiger partial charge in [0.1, 0.15) is 12.1 Å². The van der Waals surface area contributed by atoms with Crippen molar-refractivity contribution in [1.82, 2.24) is 19.7 Å². The number of aromatic nitrogens is 4. The highest BCUT2D eigenvalue weighted by Crippen LogP contribution is 2.36. The summed E-state index contributed by atoms with van der Waals surface area (Å²) in [6.45, 7) is 0. The summed E-state index contributed by atoms with van der Waals surface area (Å²) >= 11 is 0. The first kappa shape index (κ1) is 20.6. The molecule has 0 saturated heterocycles. The minimum Gasteiger partial charge on any atom is -0.340 e. The molecule has 0 fully saturated rings. The van der Waals surface area contributed by atoms with Crippen LogP contribution in [0.25, 0.3) is 22.2 Å². The Labute approximate surface area is 171 Å². The Bertz CT molecular complexity index is 1240. The average Bonchev–Trinajstić information content (AvgIpc) is 3.08. The lowest BCUT2D eigenvalue weighted by molar-refractivity contribution is -0.138. The Morgan fingerprint density at radius 3 is 2.16 bits per heavy atom. The second kappa shape index (κ2) is 7.25. The van der Waals surface area contributed by atoms with Gasteiger partial charge in [-0.15, -0.1) is 0 Å². The minimum atomic E-state index is -4.56. The van der Waals surface area contributed by atoms with Crippen LogP contribution in [0, 0.1) is 0 Å². The fourth-order valence-electron chi connectivity index (χ4n) is 3.07. The molecule has 0 saturated carbocycles. The van der Waals surface area contributed by atoms with Crippen molar-refractivity contribution in [1.29, 1.82) is 0 Å². The zero-order chi connectivity index (χ0) is 22.4. The molecule has 11 heteroatoms. The first-order valence-corrected chi connectivity index (χ1v) is 8.82. The van der Waals surface area contributed by atoms with Crippen molar-refractivity contribution in [2.75, 3.05) is 5.32 Å². The van der Waals surface area contributed by atoms with E-state index in [2.05, 4.69) is 20.4 Å². The summed E-state index contributed by atoms with van der Waals surface area (Å²) in [6.07, 6.45) is -6.43. The lowest BCUT2D eigenvalue weighted by Crippen LogP contribution is -2.07. The molecule has 4 rings (SSSR count). The molecule has 5 nitrogen and oxygen atoms in total. The van der Waals surface area contributed by atoms with Crippen LogP contribution in [0.4, 0.5) is 37.8 Å². The molecule has 0 atom stereocenters. The minimum absolute atomic E-state index is 0.134. The van der Waals surface area contributed by atoms with Crippen LogP contribution in [0.1, 0.15) is 11.1 Å². The number of alkyl halides is 6. The number of halogens is 6. The van der Waals surface area contributed by atoms with Crippen molar-refractivity contribution >= 4 is 22.4 Å². The number of nitrogens with one attached hydrogen (secondary N) is 1. The van der Waals surface area contributed by atoms with Gasteiger partial charge in [0.15, 0.2) is 0 Å². The van der Waals surface area contributed by atoms with E-state index in [0.29, 0.717) is 16.6 Å². The number of hydrogen-bond donors (Lipinski definition) is 1. The molecule has 31 heavy (non-hydrogen) atoms. The standard InChI is InChI=1S/C20H13F6N5/c1-31-17-7-13(20(24,25)26)6-16(14(17)9-29-31)30-18-8-15(27-10-28-18)11-2-4-12(5-3-11)19(21,22)23/h2-10H,1H3,(H,27,28,30). The quantitative estimate of drug-likeness (QED) is 0.411. The predicted octanol–water partition coefficient (Wildman–Crippen LogP) is 5.81. The number of aryl methyl sites for hydroxylation is 1. The van der Waals surface area contributed by atoms with Crippen LogP contribution in [0.3, 0.4) is 0 Å². The maximum atomic E-state index is 13.3. The van der Waals surface area contributed by atoms with E-state index in [4.69, 9.17) is 0 Å². The molecule has 0 bridgehead atoms. The monoisotopic (exact) mass is 437 g/mol. The molecule has 2 heterocycles. The van der Waals surface area contributed by atoms with Crippen LogP contribution in [-0.4, -0.2) is 19.7 Å². The maximum Gasteiger partial charge on any atom is 0.416 e. The molecule has 160 valence electrons. The second-order valence-electron chi connectivity index (χ2n) is 6.71. The molecular formula is C20H13F6N5. The number of fused-ring (bicyclic) bond motifs is 1. The number of rotatable bonds is 3. The lowest BCUT2D eigenvalue weighted by atomic mass is 10.1. The Morgan fingerprint density at radius 2 is 1.52 bits per heavy atom. The summed E-state index contributed by atoms with van der Waals surface area (Å²) in [4.78, 5) is 8.05. The fourth-order valence-corrected chi connectivity index (χ4v) is 3.07. The molecule has 0 aliphatic rings. The van der Waals surface area contributed by atoms with Gasteiger partial charge in [0, 0.05) is 24.1 Å². The largest absolute Gasteiger partial charge is 0.416 e. The van der Waals surface area contributed by atoms with Crippen molar-refractivity contribution in [2.45, 2.75) is 12.4 Å². The summed E-state index contributed by atoms with van der Waals surface area (Å²) in [5.74, 6) is 0.175. The Balaban J connectivity index is 1.71. The van der Waals surface area contributed by atoms with Crippen LogP contribution >= 0.6 is 0 Å². The molecule has 0 unspecified atom stereocenters. The van der Waals surface area contributed by atoms with Gasteiger partial charge < -0.3 is 5.32 Å². The molecule has 0 aliphatic heterocycles. The van der Waals surface area contributed by atoms with Crippen LogP contribution in [-0.2, 0) is 19.4 Å². The van der Waals surface area contributed by atoms with Gasteiger partial charge in [0.2, 0.25) is 0 Å². The van der Waals surface area contributed by atoms with E-state index >= 15 is 0 Å². The van der Waals surface area contributed by atoms with E-state index in [1.54, 1.807) is 0 Å². The number of anilines is 2. The van der Waals surface area contributed by atoms with E-state index in [1.807, 2.05) is 0 Å². The Kier molecular flexibility index (Phi) is 4.83. The highest BCUT2D eigenvalue weighted by atomic mass is 19.4. The SMILES string of the molecule is Cn1ncc2c(Nc3cc(-c4ccc(C(F)(F)F)cc4)ncn3)cc(C(F)(F)F)cc21. The van der Waals surface area contributed by atoms with Crippen LogP contribution in [0.5, 0.6) is 0 Å². The van der Waals surface area contributed by atoms with Crippen molar-refractivity contribution in [3.05, 3.63) is 66.1 Å². The average molecular weight is 437 g/mol. The van der Waals surface area contributed by atoms with Crippen molar-refractivity contribution < 1.29 is 26.3 Å². The van der Waals surface area contributed by atoms with E-state index in [1.165, 1.54) is 42.5 Å². The molecule has 2 aromatic carbocycles. The topological polar surface area (TPSA) is 55.6 Å². The highest BCUT2D eigenvalue weighted by Gasteiger charge is 2.32. The molecule has 1 N–H and O–H groups in total. The normalized spacial score (nSPS) is 12.4. The van der Waals surface area contributed by atoms with Gasteiger partial charge in [0.05, 0.1) is 34.2 Å². The molecule has 4 aromatic rings. The third-order valence-corrected chi connectivity index (χ3v) is 4.63. The summed E-state index contributed by atoms with van der Waals surface area (Å²) in [5.41, 5.74) is -0.548. The van der Waals surface area contributed by atoms with Gasteiger partial charge in [-0.25, -0.2) is 9.97 Å². The van der Waals surface area contributed by atoms with E-state index in [-0.39, 0.29) is 17.0 Å². The molecule has 0 amide bonds. The lowest BCUT2D eigenvalue weighted by Gasteiger charge is -2.13. The van der Waals surface area contributed by atoms with Gasteiger partial charge in [0.25, 0.3) is 0 Å².